The number of benzene rings is 1. The van der Waals surface area contributed by atoms with E-state index < -0.39 is 0 Å². The van der Waals surface area contributed by atoms with Crippen LogP contribution in [0.4, 0.5) is 0 Å². The van der Waals surface area contributed by atoms with Crippen LogP contribution in [0.3, 0.4) is 0 Å². The van der Waals surface area contributed by atoms with Gasteiger partial charge < -0.3 is 9.72 Å². The van der Waals surface area contributed by atoms with Gasteiger partial charge >= 0.3 is 0 Å². The summed E-state index contributed by atoms with van der Waals surface area (Å²) in [4.78, 5) is 12.7. The molecule has 5 heteroatoms. The average Bonchev–Trinajstić information content (AvgIpc) is 2.95. The van der Waals surface area contributed by atoms with Crippen molar-refractivity contribution in [2.24, 2.45) is 0 Å². The molecule has 1 aromatic carbocycles. The zero-order valence-electron chi connectivity index (χ0n) is 15.7. The normalized spacial score (nSPS) is 11.9. The molecule has 1 N–H and O–H groups in total. The molecule has 0 saturated carbocycles. The Hall–Kier alpha value is -2.01. The Morgan fingerprint density at radius 3 is 2.64 bits per heavy atom. The molecule has 0 unspecified atom stereocenters. The predicted molar refractivity (Wildman–Crippen MR) is 105 cm³/mol. The van der Waals surface area contributed by atoms with Gasteiger partial charge in [0, 0.05) is 23.1 Å². The molecule has 0 fully saturated rings. The molecule has 132 valence electrons. The number of nitrogens with zero attached hydrogens (tertiary/aromatic N) is 2. The van der Waals surface area contributed by atoms with Crippen LogP contribution in [0, 0.1) is 13.8 Å². The van der Waals surface area contributed by atoms with Crippen LogP contribution in [0.1, 0.15) is 43.2 Å². The summed E-state index contributed by atoms with van der Waals surface area (Å²) in [7, 11) is 1.71. The third-order valence-electron chi connectivity index (χ3n) is 4.42. The lowest BCUT2D eigenvalue weighted by molar-refractivity contribution is 0.407. The van der Waals surface area contributed by atoms with E-state index in [1.54, 1.807) is 18.9 Å². The highest BCUT2D eigenvalue weighted by atomic mass is 32.2. The first kappa shape index (κ1) is 17.8. The van der Waals surface area contributed by atoms with Gasteiger partial charge in [0.1, 0.15) is 5.75 Å². The van der Waals surface area contributed by atoms with E-state index in [0.29, 0.717) is 0 Å². The summed E-state index contributed by atoms with van der Waals surface area (Å²) < 4.78 is 5.49. The molecule has 0 atom stereocenters. The molecule has 3 aromatic rings. The Morgan fingerprint density at radius 1 is 1.20 bits per heavy atom. The van der Waals surface area contributed by atoms with Crippen molar-refractivity contribution in [3.05, 3.63) is 46.8 Å². The molecule has 0 bridgehead atoms. The number of imidazole rings is 1. The SMILES string of the molecule is COc1c(C)cnc(CSc2nc3ccc(C(C)(C)C)cc3[nH]2)c1C. The van der Waals surface area contributed by atoms with Crippen molar-refractivity contribution in [2.45, 2.75) is 50.9 Å². The molecule has 2 aromatic heterocycles. The van der Waals surface area contributed by atoms with Gasteiger partial charge in [0.25, 0.3) is 0 Å². The van der Waals surface area contributed by atoms with Crippen LogP contribution in [-0.2, 0) is 11.2 Å². The van der Waals surface area contributed by atoms with Gasteiger partial charge in [0.2, 0.25) is 0 Å². The van der Waals surface area contributed by atoms with E-state index in [2.05, 4.69) is 60.8 Å². The Balaban J connectivity index is 1.82. The topological polar surface area (TPSA) is 50.8 Å². The van der Waals surface area contributed by atoms with E-state index in [-0.39, 0.29) is 5.41 Å². The van der Waals surface area contributed by atoms with Crippen molar-refractivity contribution in [3.63, 3.8) is 0 Å². The molecule has 0 spiro atoms. The quantitative estimate of drug-likeness (QED) is 0.656. The molecule has 0 aliphatic rings. The first-order valence-electron chi connectivity index (χ1n) is 8.41. The van der Waals surface area contributed by atoms with Crippen molar-refractivity contribution in [1.82, 2.24) is 15.0 Å². The number of rotatable bonds is 4. The molecule has 3 rings (SSSR count). The number of thioether (sulfide) groups is 1. The summed E-state index contributed by atoms with van der Waals surface area (Å²) in [5.74, 6) is 1.68. The fourth-order valence-electron chi connectivity index (χ4n) is 2.87. The molecule has 25 heavy (non-hydrogen) atoms. The summed E-state index contributed by atoms with van der Waals surface area (Å²) in [6, 6.07) is 6.45. The number of ether oxygens (including phenoxy) is 1. The summed E-state index contributed by atoms with van der Waals surface area (Å²) in [5, 5.41) is 0.918. The lowest BCUT2D eigenvalue weighted by Crippen LogP contribution is -2.10. The highest BCUT2D eigenvalue weighted by Crippen LogP contribution is 2.30. The van der Waals surface area contributed by atoms with E-state index in [9.17, 15) is 0 Å². The van der Waals surface area contributed by atoms with E-state index in [0.717, 1.165) is 44.5 Å². The number of aromatic amines is 1. The van der Waals surface area contributed by atoms with Gasteiger partial charge in [-0.1, -0.05) is 38.6 Å². The maximum Gasteiger partial charge on any atom is 0.166 e. The summed E-state index contributed by atoms with van der Waals surface area (Å²) in [5.41, 5.74) is 6.71. The summed E-state index contributed by atoms with van der Waals surface area (Å²) in [6.45, 7) is 10.7. The van der Waals surface area contributed by atoms with Gasteiger partial charge in [-0.15, -0.1) is 0 Å². The first-order valence-corrected chi connectivity index (χ1v) is 9.40. The summed E-state index contributed by atoms with van der Waals surface area (Å²) in [6.07, 6.45) is 1.87. The number of aromatic nitrogens is 3. The number of fused-ring (bicyclic) bond motifs is 1. The molecule has 4 nitrogen and oxygen atoms in total. The fourth-order valence-corrected chi connectivity index (χ4v) is 3.78. The van der Waals surface area contributed by atoms with E-state index in [1.165, 1.54) is 5.56 Å². The molecular weight excluding hydrogens is 330 g/mol. The zero-order valence-corrected chi connectivity index (χ0v) is 16.5. The highest BCUT2D eigenvalue weighted by molar-refractivity contribution is 7.98. The smallest absolute Gasteiger partial charge is 0.166 e. The largest absolute Gasteiger partial charge is 0.496 e. The Labute approximate surface area is 153 Å². The second-order valence-electron chi connectivity index (χ2n) is 7.36. The van der Waals surface area contributed by atoms with Crippen LogP contribution in [0.25, 0.3) is 11.0 Å². The lowest BCUT2D eigenvalue weighted by Gasteiger charge is -2.18. The number of pyridine rings is 1. The van der Waals surface area contributed by atoms with Crippen LogP contribution >= 0.6 is 11.8 Å². The third kappa shape index (κ3) is 3.66. The standard InChI is InChI=1S/C20H25N3OS/c1-12-10-21-17(13(2)18(12)24-6)11-25-19-22-15-8-7-14(20(3,4)5)9-16(15)23-19/h7-10H,11H2,1-6H3,(H,22,23). The number of aryl methyl sites for hydroxylation is 1. The second kappa shape index (κ2) is 6.71. The van der Waals surface area contributed by atoms with Crippen LogP contribution in [0.15, 0.2) is 29.6 Å². The number of H-pyrrole nitrogens is 1. The molecule has 2 heterocycles. The van der Waals surface area contributed by atoms with Crippen molar-refractivity contribution in [2.75, 3.05) is 7.11 Å². The maximum absolute atomic E-state index is 5.49. The first-order chi connectivity index (χ1) is 11.8. The van der Waals surface area contributed by atoms with Crippen LogP contribution < -0.4 is 4.74 Å². The van der Waals surface area contributed by atoms with Crippen LogP contribution in [0.5, 0.6) is 5.75 Å². The number of nitrogens with one attached hydrogen (secondary N) is 1. The van der Waals surface area contributed by atoms with Gasteiger partial charge in [-0.25, -0.2) is 4.98 Å². The van der Waals surface area contributed by atoms with Crippen LogP contribution in [0.2, 0.25) is 0 Å². The minimum atomic E-state index is 0.131. The maximum atomic E-state index is 5.49. The zero-order chi connectivity index (χ0) is 18.2. The van der Waals surface area contributed by atoms with Crippen molar-refractivity contribution in [1.29, 1.82) is 0 Å². The second-order valence-corrected chi connectivity index (χ2v) is 8.32. The average molecular weight is 356 g/mol. The van der Waals surface area contributed by atoms with Crippen molar-refractivity contribution < 1.29 is 4.74 Å². The number of hydrogen-bond donors (Lipinski definition) is 1. The highest BCUT2D eigenvalue weighted by Gasteiger charge is 2.15. The Morgan fingerprint density at radius 2 is 1.96 bits per heavy atom. The molecular formula is C20H25N3OS. The summed E-state index contributed by atoms with van der Waals surface area (Å²) >= 11 is 1.67. The van der Waals surface area contributed by atoms with E-state index in [1.807, 2.05) is 13.1 Å². The van der Waals surface area contributed by atoms with Crippen molar-refractivity contribution in [3.8, 4) is 5.75 Å². The molecule has 0 saturated heterocycles. The minimum Gasteiger partial charge on any atom is -0.496 e. The third-order valence-corrected chi connectivity index (χ3v) is 5.31. The molecule has 0 aliphatic heterocycles. The Kier molecular flexibility index (Phi) is 4.78. The van der Waals surface area contributed by atoms with Gasteiger partial charge in [-0.3, -0.25) is 4.98 Å². The Bertz CT molecular complexity index is 909. The number of methoxy groups -OCH3 is 1. The fraction of sp³-hybridized carbons (Fsp3) is 0.400. The van der Waals surface area contributed by atoms with Crippen LogP contribution in [-0.4, -0.2) is 22.1 Å². The molecule has 0 radical (unpaired) electrons. The van der Waals surface area contributed by atoms with E-state index in [4.69, 9.17) is 4.74 Å². The van der Waals surface area contributed by atoms with Gasteiger partial charge in [-0.05, 0) is 37.0 Å². The predicted octanol–water partition coefficient (Wildman–Crippen LogP) is 5.17. The lowest BCUT2D eigenvalue weighted by atomic mass is 9.87. The number of hydrogen-bond acceptors (Lipinski definition) is 4. The molecule has 0 aliphatic carbocycles. The minimum absolute atomic E-state index is 0.131. The molecule has 0 amide bonds. The van der Waals surface area contributed by atoms with Gasteiger partial charge in [-0.2, -0.15) is 0 Å². The van der Waals surface area contributed by atoms with Gasteiger partial charge in [0.05, 0.1) is 23.8 Å². The van der Waals surface area contributed by atoms with E-state index >= 15 is 0 Å². The monoisotopic (exact) mass is 355 g/mol. The van der Waals surface area contributed by atoms with Gasteiger partial charge in [0.15, 0.2) is 5.16 Å². The van der Waals surface area contributed by atoms with Crippen molar-refractivity contribution >= 4 is 22.8 Å².